The van der Waals surface area contributed by atoms with Crippen molar-refractivity contribution < 1.29 is 0 Å². The van der Waals surface area contributed by atoms with Crippen molar-refractivity contribution in [1.29, 1.82) is 0 Å². The summed E-state index contributed by atoms with van der Waals surface area (Å²) in [6.45, 7) is 2.18. The first-order valence-corrected chi connectivity index (χ1v) is 5.68. The van der Waals surface area contributed by atoms with Gasteiger partial charge in [-0.3, -0.25) is 0 Å². The monoisotopic (exact) mass is 203 g/mol. The molecule has 0 bridgehead atoms. The third-order valence-electron chi connectivity index (χ3n) is 2.14. The van der Waals surface area contributed by atoms with Gasteiger partial charge in [-0.05, 0) is 24.1 Å². The Morgan fingerprint density at radius 1 is 1.21 bits per heavy atom. The Morgan fingerprint density at radius 2 is 2.07 bits per heavy atom. The molecule has 1 heterocycles. The summed E-state index contributed by atoms with van der Waals surface area (Å²) in [5, 5.41) is 0. The molecule has 72 valence electrons. The molecule has 1 aliphatic rings. The van der Waals surface area contributed by atoms with Gasteiger partial charge in [-0.2, -0.15) is 0 Å². The number of benzene rings is 1. The van der Waals surface area contributed by atoms with E-state index >= 15 is 0 Å². The van der Waals surface area contributed by atoms with Crippen molar-refractivity contribution in [1.82, 2.24) is 0 Å². The zero-order valence-corrected chi connectivity index (χ0v) is 9.05. The molecule has 0 saturated heterocycles. The quantitative estimate of drug-likeness (QED) is 0.663. The number of hydrogen-bond acceptors (Lipinski definition) is 2. The minimum Gasteiger partial charge on any atom is -0.216 e. The number of hydrogen-bond donors (Lipinski definition) is 0. The van der Waals surface area contributed by atoms with E-state index < -0.39 is 0 Å². The van der Waals surface area contributed by atoms with Gasteiger partial charge in [-0.1, -0.05) is 37.6 Å². The van der Waals surface area contributed by atoms with Gasteiger partial charge in [-0.15, -0.1) is 0 Å². The number of rotatable bonds is 2. The Labute approximate surface area is 89.1 Å². The molecule has 0 radical (unpaired) electrons. The smallest absolute Gasteiger partial charge is 0.0491 e. The van der Waals surface area contributed by atoms with Crippen LogP contribution in [0, 0.1) is 0 Å². The van der Waals surface area contributed by atoms with Gasteiger partial charge in [0.15, 0.2) is 0 Å². The molecule has 14 heavy (non-hydrogen) atoms. The van der Waals surface area contributed by atoms with Gasteiger partial charge < -0.3 is 0 Å². The average molecular weight is 203 g/mol. The van der Waals surface area contributed by atoms with E-state index in [9.17, 15) is 0 Å². The normalized spacial score (nSPS) is 14.5. The van der Waals surface area contributed by atoms with Crippen molar-refractivity contribution in [3.63, 3.8) is 0 Å². The standard InChI is InChI=1S/C12H13NS/c1-2-5-11-9-8-10-6-3-4-7-12(10)14-13-11/h3-4,6-9H,2,5H2,1H3. The lowest BCUT2D eigenvalue weighted by Crippen LogP contribution is -1.88. The predicted octanol–water partition coefficient (Wildman–Crippen LogP) is 3.96. The molecule has 1 aromatic rings. The summed E-state index contributed by atoms with van der Waals surface area (Å²) >= 11 is 1.58. The molecule has 0 spiro atoms. The van der Waals surface area contributed by atoms with Crippen LogP contribution in [-0.4, -0.2) is 5.71 Å². The second-order valence-electron chi connectivity index (χ2n) is 3.30. The van der Waals surface area contributed by atoms with Crippen LogP contribution in [0.1, 0.15) is 25.3 Å². The van der Waals surface area contributed by atoms with Gasteiger partial charge >= 0.3 is 0 Å². The molecule has 0 amide bonds. The predicted molar refractivity (Wildman–Crippen MR) is 63.7 cm³/mol. The lowest BCUT2D eigenvalue weighted by molar-refractivity contribution is 0.999. The highest BCUT2D eigenvalue weighted by Gasteiger charge is 2.04. The summed E-state index contributed by atoms with van der Waals surface area (Å²) < 4.78 is 4.50. The van der Waals surface area contributed by atoms with Crippen LogP contribution in [0.4, 0.5) is 0 Å². The number of allylic oxidation sites excluding steroid dienone is 1. The Morgan fingerprint density at radius 3 is 2.93 bits per heavy atom. The molecule has 0 saturated carbocycles. The fourth-order valence-electron chi connectivity index (χ4n) is 1.41. The van der Waals surface area contributed by atoms with E-state index in [4.69, 9.17) is 0 Å². The highest BCUT2D eigenvalue weighted by Crippen LogP contribution is 2.27. The SMILES string of the molecule is CCCC1=NSc2ccccc2C=C1. The first-order valence-electron chi connectivity index (χ1n) is 4.91. The van der Waals surface area contributed by atoms with Gasteiger partial charge in [0.2, 0.25) is 0 Å². The van der Waals surface area contributed by atoms with Crippen LogP contribution in [-0.2, 0) is 0 Å². The number of nitrogens with zero attached hydrogens (tertiary/aromatic N) is 1. The largest absolute Gasteiger partial charge is 0.216 e. The fourth-order valence-corrected chi connectivity index (χ4v) is 2.16. The van der Waals surface area contributed by atoms with Crippen molar-refractivity contribution >= 4 is 23.7 Å². The minimum absolute atomic E-state index is 1.07. The third kappa shape index (κ3) is 2.07. The first kappa shape index (κ1) is 9.53. The Bertz CT molecular complexity index is 380. The van der Waals surface area contributed by atoms with Gasteiger partial charge in [0.05, 0.1) is 0 Å². The topological polar surface area (TPSA) is 12.4 Å². The summed E-state index contributed by atoms with van der Waals surface area (Å²) in [6.07, 6.45) is 6.50. The molecule has 0 unspecified atom stereocenters. The zero-order valence-electron chi connectivity index (χ0n) is 8.23. The van der Waals surface area contributed by atoms with Gasteiger partial charge in [0, 0.05) is 22.6 Å². The molecule has 2 rings (SSSR count). The average Bonchev–Trinajstić information content (AvgIpc) is 2.42. The zero-order chi connectivity index (χ0) is 9.80. The van der Waals surface area contributed by atoms with Gasteiger partial charge in [-0.25, -0.2) is 4.40 Å². The summed E-state index contributed by atoms with van der Waals surface area (Å²) in [4.78, 5) is 1.25. The van der Waals surface area contributed by atoms with Crippen molar-refractivity contribution in [2.75, 3.05) is 0 Å². The molecule has 0 aromatic heterocycles. The van der Waals surface area contributed by atoms with Crippen LogP contribution in [0.15, 0.2) is 39.6 Å². The maximum atomic E-state index is 4.50. The highest BCUT2D eigenvalue weighted by atomic mass is 32.2. The first-order chi connectivity index (χ1) is 6.90. The molecule has 0 fully saturated rings. The second kappa shape index (κ2) is 4.47. The molecule has 0 atom stereocenters. The van der Waals surface area contributed by atoms with E-state index in [1.54, 1.807) is 11.9 Å². The maximum absolute atomic E-state index is 4.50. The van der Waals surface area contributed by atoms with E-state index in [1.807, 2.05) is 0 Å². The minimum atomic E-state index is 1.07. The van der Waals surface area contributed by atoms with E-state index in [2.05, 4.69) is 47.7 Å². The Balaban J connectivity index is 2.27. The van der Waals surface area contributed by atoms with Crippen molar-refractivity contribution in [3.05, 3.63) is 35.9 Å². The van der Waals surface area contributed by atoms with E-state index in [1.165, 1.54) is 16.2 Å². The molecular formula is C12H13NS. The van der Waals surface area contributed by atoms with Crippen LogP contribution in [0.3, 0.4) is 0 Å². The molecule has 1 aliphatic heterocycles. The van der Waals surface area contributed by atoms with Crippen molar-refractivity contribution in [2.45, 2.75) is 24.7 Å². The lowest BCUT2D eigenvalue weighted by Gasteiger charge is -1.98. The van der Waals surface area contributed by atoms with E-state index in [0.717, 1.165) is 12.8 Å². The number of fused-ring (bicyclic) bond motifs is 1. The molecular weight excluding hydrogens is 190 g/mol. The lowest BCUT2D eigenvalue weighted by atomic mass is 10.1. The molecule has 1 nitrogen and oxygen atoms in total. The molecule has 1 aromatic carbocycles. The van der Waals surface area contributed by atoms with E-state index in [-0.39, 0.29) is 0 Å². The molecule has 0 aliphatic carbocycles. The van der Waals surface area contributed by atoms with E-state index in [0.29, 0.717) is 0 Å². The Hall–Kier alpha value is -1.02. The summed E-state index contributed by atoms with van der Waals surface area (Å²) in [5.74, 6) is 0. The molecule has 2 heteroatoms. The third-order valence-corrected chi connectivity index (χ3v) is 3.04. The van der Waals surface area contributed by atoms with Crippen LogP contribution in [0.5, 0.6) is 0 Å². The van der Waals surface area contributed by atoms with Gasteiger partial charge in [0.25, 0.3) is 0 Å². The fraction of sp³-hybridized carbons (Fsp3) is 0.250. The van der Waals surface area contributed by atoms with Crippen molar-refractivity contribution in [2.24, 2.45) is 4.40 Å². The maximum Gasteiger partial charge on any atom is 0.0491 e. The van der Waals surface area contributed by atoms with Crippen molar-refractivity contribution in [3.8, 4) is 0 Å². The van der Waals surface area contributed by atoms with Crippen LogP contribution in [0.2, 0.25) is 0 Å². The highest BCUT2D eigenvalue weighted by molar-refractivity contribution is 7.98. The van der Waals surface area contributed by atoms with Gasteiger partial charge in [0.1, 0.15) is 0 Å². The van der Waals surface area contributed by atoms with Crippen LogP contribution in [0.25, 0.3) is 6.08 Å². The summed E-state index contributed by atoms with van der Waals surface area (Å²) in [5.41, 5.74) is 2.46. The van der Waals surface area contributed by atoms with Crippen LogP contribution < -0.4 is 0 Å². The van der Waals surface area contributed by atoms with Crippen LogP contribution >= 0.6 is 11.9 Å². The molecule has 0 N–H and O–H groups in total. The summed E-state index contributed by atoms with van der Waals surface area (Å²) in [6, 6.07) is 8.36. The summed E-state index contributed by atoms with van der Waals surface area (Å²) in [7, 11) is 0. The Kier molecular flexibility index (Phi) is 3.04. The second-order valence-corrected chi connectivity index (χ2v) is 4.10.